The topological polar surface area (TPSA) is 99.3 Å². The van der Waals surface area contributed by atoms with E-state index >= 15 is 0 Å². The lowest BCUT2D eigenvalue weighted by atomic mass is 10.1. The van der Waals surface area contributed by atoms with Gasteiger partial charge in [0.25, 0.3) is 5.91 Å². The molecule has 1 unspecified atom stereocenters. The molecule has 4 N–H and O–H groups in total. The third-order valence-electron chi connectivity index (χ3n) is 4.68. The summed E-state index contributed by atoms with van der Waals surface area (Å²) >= 11 is 0. The van der Waals surface area contributed by atoms with Gasteiger partial charge >= 0.3 is 0 Å². The molecule has 2 rings (SSSR count). The average molecular weight is 411 g/mol. The third kappa shape index (κ3) is 6.92. The molecule has 0 bridgehead atoms. The van der Waals surface area contributed by atoms with Gasteiger partial charge in [-0.3, -0.25) is 14.4 Å². The van der Waals surface area contributed by atoms with Crippen LogP contribution in [-0.2, 0) is 9.59 Å². The van der Waals surface area contributed by atoms with Gasteiger partial charge in [-0.2, -0.15) is 0 Å². The Bertz CT molecular complexity index is 911. The molecule has 0 saturated carbocycles. The van der Waals surface area contributed by atoms with Crippen LogP contribution in [0, 0.1) is 6.92 Å². The van der Waals surface area contributed by atoms with E-state index in [9.17, 15) is 14.4 Å². The van der Waals surface area contributed by atoms with Crippen molar-refractivity contribution in [1.82, 2.24) is 5.32 Å². The van der Waals surface area contributed by atoms with Crippen molar-refractivity contribution < 1.29 is 14.4 Å². The Morgan fingerprint density at radius 2 is 1.70 bits per heavy atom. The Morgan fingerprint density at radius 1 is 0.933 bits per heavy atom. The van der Waals surface area contributed by atoms with E-state index in [4.69, 9.17) is 0 Å². The lowest BCUT2D eigenvalue weighted by molar-refractivity contribution is -0.116. The molecule has 0 aromatic heterocycles. The highest BCUT2D eigenvalue weighted by atomic mass is 16.2. The molecule has 0 radical (unpaired) electrons. The summed E-state index contributed by atoms with van der Waals surface area (Å²) in [4.78, 5) is 36.2. The second kappa shape index (κ2) is 11.0. The van der Waals surface area contributed by atoms with Crippen LogP contribution in [0.25, 0.3) is 0 Å². The highest BCUT2D eigenvalue weighted by molar-refractivity contribution is 5.97. The van der Waals surface area contributed by atoms with Crippen molar-refractivity contribution in [2.24, 2.45) is 0 Å². The summed E-state index contributed by atoms with van der Waals surface area (Å²) in [5.41, 5.74) is 3.41. The smallest absolute Gasteiger partial charge is 0.251 e. The minimum absolute atomic E-state index is 0.0426. The van der Waals surface area contributed by atoms with Crippen LogP contribution in [0.4, 0.5) is 17.1 Å². The molecule has 0 aliphatic rings. The van der Waals surface area contributed by atoms with Gasteiger partial charge < -0.3 is 21.3 Å². The van der Waals surface area contributed by atoms with E-state index < -0.39 is 0 Å². The number of hydrogen-bond donors (Lipinski definition) is 4. The first-order valence-electron chi connectivity index (χ1n) is 10.2. The van der Waals surface area contributed by atoms with Gasteiger partial charge in [0.2, 0.25) is 11.8 Å². The highest BCUT2D eigenvalue weighted by Crippen LogP contribution is 2.20. The third-order valence-corrected chi connectivity index (χ3v) is 4.68. The van der Waals surface area contributed by atoms with Gasteiger partial charge in [0, 0.05) is 35.1 Å². The number of nitrogens with one attached hydrogen (secondary N) is 4. The summed E-state index contributed by atoms with van der Waals surface area (Å²) in [7, 11) is 0. The molecule has 7 nitrogen and oxygen atoms in total. The first-order valence-corrected chi connectivity index (χ1v) is 10.2. The highest BCUT2D eigenvalue weighted by Gasteiger charge is 2.10. The van der Waals surface area contributed by atoms with Crippen molar-refractivity contribution >= 4 is 34.8 Å². The van der Waals surface area contributed by atoms with Gasteiger partial charge in [-0.25, -0.2) is 0 Å². The van der Waals surface area contributed by atoms with Crippen LogP contribution in [0.5, 0.6) is 0 Å². The molecule has 0 aliphatic heterocycles. The molecule has 2 aromatic rings. The minimum atomic E-state index is -0.235. The zero-order valence-electron chi connectivity index (χ0n) is 18.0. The molecule has 0 fully saturated rings. The van der Waals surface area contributed by atoms with Gasteiger partial charge in [0.05, 0.1) is 6.54 Å². The first kappa shape index (κ1) is 22.9. The van der Waals surface area contributed by atoms with E-state index in [2.05, 4.69) is 21.3 Å². The SMILES string of the molecule is CCC(=O)Nc1cc(NC(=O)CNc2cccc(C(=O)NC(C)CC)c2)ccc1C. The zero-order chi connectivity index (χ0) is 22.1. The number of hydrogen-bond acceptors (Lipinski definition) is 4. The maximum atomic E-state index is 12.3. The van der Waals surface area contributed by atoms with Crippen molar-refractivity contribution in [3.05, 3.63) is 53.6 Å². The number of carbonyl (C=O) groups is 3. The summed E-state index contributed by atoms with van der Waals surface area (Å²) < 4.78 is 0. The number of amides is 3. The van der Waals surface area contributed by atoms with Gasteiger partial charge in [-0.15, -0.1) is 0 Å². The van der Waals surface area contributed by atoms with Crippen molar-refractivity contribution in [1.29, 1.82) is 0 Å². The van der Waals surface area contributed by atoms with Crippen LogP contribution < -0.4 is 21.3 Å². The van der Waals surface area contributed by atoms with Crippen LogP contribution in [0.1, 0.15) is 49.5 Å². The Labute approximate surface area is 177 Å². The van der Waals surface area contributed by atoms with E-state index in [-0.39, 0.29) is 30.3 Å². The molecule has 0 heterocycles. The Morgan fingerprint density at radius 3 is 2.40 bits per heavy atom. The van der Waals surface area contributed by atoms with E-state index in [1.807, 2.05) is 26.8 Å². The molecule has 2 aromatic carbocycles. The Hall–Kier alpha value is -3.35. The summed E-state index contributed by atoms with van der Waals surface area (Å²) in [5.74, 6) is -0.458. The molecular weight excluding hydrogens is 380 g/mol. The fraction of sp³-hybridized carbons (Fsp3) is 0.348. The predicted molar refractivity (Wildman–Crippen MR) is 121 cm³/mol. The van der Waals surface area contributed by atoms with Gasteiger partial charge in [0.1, 0.15) is 0 Å². The van der Waals surface area contributed by atoms with Gasteiger partial charge in [-0.05, 0) is 56.2 Å². The second-order valence-corrected chi connectivity index (χ2v) is 7.20. The van der Waals surface area contributed by atoms with E-state index in [1.165, 1.54) is 0 Å². The lowest BCUT2D eigenvalue weighted by Crippen LogP contribution is -2.31. The normalized spacial score (nSPS) is 11.3. The van der Waals surface area contributed by atoms with E-state index in [1.54, 1.807) is 43.3 Å². The maximum absolute atomic E-state index is 12.3. The number of rotatable bonds is 9. The largest absolute Gasteiger partial charge is 0.376 e. The first-order chi connectivity index (χ1) is 14.3. The molecule has 30 heavy (non-hydrogen) atoms. The predicted octanol–water partition coefficient (Wildman–Crippen LogP) is 3.92. The molecule has 0 spiro atoms. The van der Waals surface area contributed by atoms with Crippen LogP contribution in [0.3, 0.4) is 0 Å². The number of carbonyl (C=O) groups excluding carboxylic acids is 3. The monoisotopic (exact) mass is 410 g/mol. The molecule has 3 amide bonds. The fourth-order valence-corrected chi connectivity index (χ4v) is 2.64. The van der Waals surface area contributed by atoms with Crippen molar-refractivity contribution in [2.45, 2.75) is 46.6 Å². The Kier molecular flexibility index (Phi) is 8.41. The molecule has 160 valence electrons. The van der Waals surface area contributed by atoms with E-state index in [0.717, 1.165) is 12.0 Å². The summed E-state index contributed by atoms with van der Waals surface area (Å²) in [6.45, 7) is 7.68. The summed E-state index contributed by atoms with van der Waals surface area (Å²) in [6.07, 6.45) is 1.24. The molecule has 0 saturated heterocycles. The fourth-order valence-electron chi connectivity index (χ4n) is 2.64. The molecule has 1 atom stereocenters. The average Bonchev–Trinajstić information content (AvgIpc) is 2.74. The molecular formula is C23H30N4O3. The zero-order valence-corrected chi connectivity index (χ0v) is 18.0. The van der Waals surface area contributed by atoms with Crippen molar-refractivity contribution in [3.63, 3.8) is 0 Å². The maximum Gasteiger partial charge on any atom is 0.251 e. The number of aryl methyl sites for hydroxylation is 1. The standard InChI is InChI=1S/C23H30N4O3/c1-5-16(4)25-23(30)17-8-7-9-18(12-17)24-14-22(29)26-19-11-10-15(3)20(13-19)27-21(28)6-2/h7-13,16,24H,5-6,14H2,1-4H3,(H,25,30)(H,26,29)(H,27,28). The Balaban J connectivity index is 1.95. The minimum Gasteiger partial charge on any atom is -0.376 e. The summed E-state index contributed by atoms with van der Waals surface area (Å²) in [6, 6.07) is 12.5. The van der Waals surface area contributed by atoms with Gasteiger partial charge in [0.15, 0.2) is 0 Å². The summed E-state index contributed by atoms with van der Waals surface area (Å²) in [5, 5.41) is 11.6. The number of anilines is 3. The van der Waals surface area contributed by atoms with E-state index in [0.29, 0.717) is 29.0 Å². The quantitative estimate of drug-likeness (QED) is 0.503. The van der Waals surface area contributed by atoms with Crippen LogP contribution >= 0.6 is 0 Å². The van der Waals surface area contributed by atoms with Crippen LogP contribution in [-0.4, -0.2) is 30.3 Å². The second-order valence-electron chi connectivity index (χ2n) is 7.20. The van der Waals surface area contributed by atoms with Crippen LogP contribution in [0.2, 0.25) is 0 Å². The van der Waals surface area contributed by atoms with Crippen molar-refractivity contribution in [3.8, 4) is 0 Å². The molecule has 7 heteroatoms. The molecule has 0 aliphatic carbocycles. The van der Waals surface area contributed by atoms with Crippen LogP contribution in [0.15, 0.2) is 42.5 Å². The van der Waals surface area contributed by atoms with Crippen molar-refractivity contribution in [2.75, 3.05) is 22.5 Å². The number of benzene rings is 2. The van der Waals surface area contributed by atoms with Gasteiger partial charge in [-0.1, -0.05) is 26.0 Å². The lowest BCUT2D eigenvalue weighted by Gasteiger charge is -2.13.